The van der Waals surface area contributed by atoms with Gasteiger partial charge in [-0.05, 0) is 151 Å². The van der Waals surface area contributed by atoms with E-state index in [9.17, 15) is 43.2 Å². The molecule has 22 N–H and O–H groups in total. The van der Waals surface area contributed by atoms with Gasteiger partial charge in [-0.25, -0.2) is 0 Å². The molecule has 476 valence electrons. The van der Waals surface area contributed by atoms with Crippen LogP contribution in [0.3, 0.4) is 0 Å². The number of H-pyrrole nitrogens is 1. The highest BCUT2D eigenvalue weighted by Crippen LogP contribution is 2.22. The number of nitrogens with one attached hydrogen (secondary N) is 10. The minimum absolute atomic E-state index is 0.0349. The third-order valence-electron chi connectivity index (χ3n) is 15.1. The Morgan fingerprint density at radius 2 is 1.07 bits per heavy atom. The number of fused-ring (bicyclic) bond motifs is 1. The second kappa shape index (κ2) is 38.0. The summed E-state index contributed by atoms with van der Waals surface area (Å²) in [4.78, 5) is 131. The number of benzene rings is 2. The summed E-state index contributed by atoms with van der Waals surface area (Å²) in [7, 11) is 0. The van der Waals surface area contributed by atoms with Gasteiger partial charge in [0.25, 0.3) is 0 Å². The number of thioether (sulfide) groups is 1. The summed E-state index contributed by atoms with van der Waals surface area (Å²) in [6.07, 6.45) is 7.96. The van der Waals surface area contributed by atoms with E-state index < -0.39 is 113 Å². The van der Waals surface area contributed by atoms with E-state index >= 15 is 0 Å². The van der Waals surface area contributed by atoms with Crippen LogP contribution in [0.25, 0.3) is 10.9 Å². The second-order valence-corrected chi connectivity index (χ2v) is 23.2. The average molecular weight is 1220 g/mol. The van der Waals surface area contributed by atoms with Crippen LogP contribution in [-0.2, 0) is 56.0 Å². The fourth-order valence-corrected chi connectivity index (χ4v) is 10.7. The van der Waals surface area contributed by atoms with Crippen molar-refractivity contribution < 1.29 is 43.2 Å². The molecule has 0 bridgehead atoms. The standard InChI is InChI=1S/C59H95N17O9S/c1-36(2)49(58(85)76-31-16-25-48(76)50(64)77)75-56(83)44(23-11-14-29-62)71-52(79)42(21-9-12-27-60)69-54(81)45(24-15-30-67-59(65)66)72-53(80)43(22-10-13-28-61)70-55(82)46(26-32-86-3)73-57(84)47(34-38-35-68-41-20-8-7-19-39(38)41)74-51(78)40(63)33-37-17-5-4-6-18-37/h4-8,17-20,35-36,40,42-49,68H,9-16,21-34,60-63H2,1-3H3,(H2,64,77)(H,69,81)(H,70,82)(H,71,79)(H,72,80)(H,73,84)(H,74,78)(H,75,83)(H4,65,66,67)/t40-,42-,43-,44-,45-,46-,47-,48-,49-/m0/s1. The molecule has 27 heteroatoms. The molecule has 4 rings (SSSR count). The zero-order chi connectivity index (χ0) is 63.1. The number of amides is 9. The van der Waals surface area contributed by atoms with E-state index in [4.69, 9.17) is 39.8 Å². The van der Waals surface area contributed by atoms with Crippen LogP contribution in [0.5, 0.6) is 0 Å². The SMILES string of the molecule is CSCC[C@H](NC(=O)[C@H](Cc1c[nH]c2ccccc12)NC(=O)[C@@H](N)Cc1ccccc1)C(=O)N[C@@H](CCCCN)C(=O)N[C@@H](CCCNC(=N)N)C(=O)N[C@@H](CCCCN)C(=O)N[C@@H](CCCCN)C(=O)N[C@H](C(=O)N1CCC[C@H]1C(N)=O)C(C)C. The van der Waals surface area contributed by atoms with Crippen LogP contribution in [0.2, 0.25) is 0 Å². The van der Waals surface area contributed by atoms with Gasteiger partial charge in [-0.1, -0.05) is 62.4 Å². The quantitative estimate of drug-likeness (QED) is 0.0188. The number of unbranched alkanes of at least 4 members (excludes halogenated alkanes) is 3. The number of carbonyl (C=O) groups is 9. The summed E-state index contributed by atoms with van der Waals surface area (Å²) in [6.45, 7) is 4.76. The molecule has 1 fully saturated rings. The molecule has 86 heavy (non-hydrogen) atoms. The molecule has 0 spiro atoms. The van der Waals surface area contributed by atoms with Gasteiger partial charge < -0.3 is 86.8 Å². The van der Waals surface area contributed by atoms with E-state index in [-0.39, 0.29) is 83.5 Å². The molecule has 26 nitrogen and oxygen atoms in total. The zero-order valence-corrected chi connectivity index (χ0v) is 50.9. The number of hydrogen-bond acceptors (Lipinski definition) is 15. The molecule has 0 radical (unpaired) electrons. The maximum atomic E-state index is 14.6. The van der Waals surface area contributed by atoms with Crippen molar-refractivity contribution in [2.75, 3.05) is 44.7 Å². The molecule has 3 aromatic rings. The minimum Gasteiger partial charge on any atom is -0.370 e. The van der Waals surface area contributed by atoms with Gasteiger partial charge in [0.05, 0.1) is 6.04 Å². The number of guanidine groups is 1. The molecule has 9 amide bonds. The van der Waals surface area contributed by atoms with Gasteiger partial charge in [-0.2, -0.15) is 11.8 Å². The Morgan fingerprint density at radius 1 is 0.605 bits per heavy atom. The molecule has 1 aliphatic heterocycles. The number of aromatic nitrogens is 1. The van der Waals surface area contributed by atoms with E-state index in [1.54, 1.807) is 20.0 Å². The summed E-state index contributed by atoms with van der Waals surface area (Å²) < 4.78 is 0. The predicted molar refractivity (Wildman–Crippen MR) is 333 cm³/mol. The Morgan fingerprint density at radius 3 is 1.56 bits per heavy atom. The van der Waals surface area contributed by atoms with Crippen LogP contribution in [0.4, 0.5) is 0 Å². The molecule has 1 aliphatic rings. The normalized spacial score (nSPS) is 15.9. The van der Waals surface area contributed by atoms with Crippen molar-refractivity contribution in [2.45, 2.75) is 171 Å². The summed E-state index contributed by atoms with van der Waals surface area (Å²) in [5, 5.41) is 30.9. The number of nitrogens with zero attached hydrogens (tertiary/aromatic N) is 1. The number of primary amides is 1. The third-order valence-corrected chi connectivity index (χ3v) is 15.7. The molecule has 2 aromatic carbocycles. The van der Waals surface area contributed by atoms with Gasteiger partial charge in [0, 0.05) is 36.6 Å². The number of para-hydroxylation sites is 1. The Kier molecular flexibility index (Phi) is 31.4. The average Bonchev–Trinajstić information content (AvgIpc) is 3.52. The number of rotatable bonds is 40. The van der Waals surface area contributed by atoms with Crippen LogP contribution < -0.4 is 76.9 Å². The van der Waals surface area contributed by atoms with E-state index in [1.807, 2.05) is 60.9 Å². The maximum Gasteiger partial charge on any atom is 0.246 e. The molecule has 1 aromatic heterocycles. The lowest BCUT2D eigenvalue weighted by Gasteiger charge is -2.31. The summed E-state index contributed by atoms with van der Waals surface area (Å²) in [5.74, 6) is -6.34. The van der Waals surface area contributed by atoms with Crippen molar-refractivity contribution in [2.24, 2.45) is 40.3 Å². The lowest BCUT2D eigenvalue weighted by atomic mass is 10.00. The largest absolute Gasteiger partial charge is 0.370 e. The van der Waals surface area contributed by atoms with Crippen LogP contribution in [0, 0.1) is 11.3 Å². The first kappa shape index (κ1) is 71.2. The van der Waals surface area contributed by atoms with E-state index in [0.717, 1.165) is 22.0 Å². The van der Waals surface area contributed by atoms with Crippen molar-refractivity contribution in [1.29, 1.82) is 5.41 Å². The molecule has 9 atom stereocenters. The first-order valence-corrected chi connectivity index (χ1v) is 31.4. The number of nitrogens with two attached hydrogens (primary N) is 6. The topological polar surface area (TPSA) is 449 Å². The van der Waals surface area contributed by atoms with Gasteiger partial charge in [0.2, 0.25) is 53.2 Å². The van der Waals surface area contributed by atoms with Gasteiger partial charge in [0.1, 0.15) is 48.3 Å². The number of aromatic amines is 1. The first-order valence-electron chi connectivity index (χ1n) is 30.0. The highest BCUT2D eigenvalue weighted by Gasteiger charge is 2.40. The van der Waals surface area contributed by atoms with Crippen LogP contribution in [-0.4, -0.2) is 168 Å². The van der Waals surface area contributed by atoms with E-state index in [0.29, 0.717) is 63.7 Å². The van der Waals surface area contributed by atoms with Gasteiger partial charge in [-0.3, -0.25) is 48.6 Å². The lowest BCUT2D eigenvalue weighted by molar-refractivity contribution is -0.142. The summed E-state index contributed by atoms with van der Waals surface area (Å²) in [5.41, 5.74) is 37.5. The molecule has 1 saturated heterocycles. The van der Waals surface area contributed by atoms with Crippen LogP contribution in [0.1, 0.15) is 115 Å². The maximum absolute atomic E-state index is 14.6. The molecule has 2 heterocycles. The van der Waals surface area contributed by atoms with Crippen molar-refractivity contribution in [3.8, 4) is 0 Å². The second-order valence-electron chi connectivity index (χ2n) is 22.2. The van der Waals surface area contributed by atoms with Crippen LogP contribution in [0.15, 0.2) is 60.8 Å². The van der Waals surface area contributed by atoms with Crippen molar-refractivity contribution in [1.82, 2.24) is 52.4 Å². The van der Waals surface area contributed by atoms with Gasteiger partial charge in [0.15, 0.2) is 5.96 Å². The Labute approximate surface area is 508 Å². The molecular formula is C59H95N17O9S. The highest BCUT2D eigenvalue weighted by molar-refractivity contribution is 7.98. The van der Waals surface area contributed by atoms with Crippen molar-refractivity contribution >= 4 is 81.8 Å². The monoisotopic (exact) mass is 1220 g/mol. The van der Waals surface area contributed by atoms with Gasteiger partial charge in [-0.15, -0.1) is 0 Å². The van der Waals surface area contributed by atoms with E-state index in [2.05, 4.69) is 47.5 Å². The van der Waals surface area contributed by atoms with Crippen LogP contribution >= 0.6 is 11.8 Å². The first-order chi connectivity index (χ1) is 41.2. The highest BCUT2D eigenvalue weighted by atomic mass is 32.2. The molecule has 0 unspecified atom stereocenters. The Bertz CT molecular complexity index is 2680. The molecule has 0 saturated carbocycles. The number of carbonyl (C=O) groups excluding carboxylic acids is 9. The lowest BCUT2D eigenvalue weighted by Crippen LogP contribution is -2.61. The third kappa shape index (κ3) is 23.5. The Balaban J connectivity index is 1.60. The fraction of sp³-hybridized carbons (Fsp3) is 0.593. The minimum atomic E-state index is -1.33. The zero-order valence-electron chi connectivity index (χ0n) is 50.1. The molecule has 0 aliphatic carbocycles. The molecular weight excluding hydrogens is 1120 g/mol. The van der Waals surface area contributed by atoms with E-state index in [1.165, 1.54) is 16.7 Å². The van der Waals surface area contributed by atoms with Crippen molar-refractivity contribution in [3.05, 3.63) is 71.9 Å². The predicted octanol–water partition coefficient (Wildman–Crippen LogP) is -0.790. The van der Waals surface area contributed by atoms with Gasteiger partial charge >= 0.3 is 0 Å². The Hall–Kier alpha value is -7.33. The number of likely N-dealkylation sites (tertiary alicyclic amines) is 1. The number of hydrogen-bond donors (Lipinski definition) is 16. The van der Waals surface area contributed by atoms with Crippen molar-refractivity contribution in [3.63, 3.8) is 0 Å². The summed E-state index contributed by atoms with van der Waals surface area (Å²) in [6, 6.07) is 6.35. The summed E-state index contributed by atoms with van der Waals surface area (Å²) >= 11 is 1.43. The smallest absolute Gasteiger partial charge is 0.246 e. The fourth-order valence-electron chi connectivity index (χ4n) is 10.2.